The summed E-state index contributed by atoms with van der Waals surface area (Å²) in [5.41, 5.74) is 2.03. The number of nitrogens with one attached hydrogen (secondary N) is 1. The molecule has 1 aromatic heterocycles. The molecule has 2 N–H and O–H groups in total. The molecule has 0 amide bonds. The maximum absolute atomic E-state index is 9.58. The normalized spacial score (nSPS) is 17.9. The minimum atomic E-state index is -0.154. The van der Waals surface area contributed by atoms with Crippen LogP contribution in [0, 0.1) is 5.92 Å². The fourth-order valence-corrected chi connectivity index (χ4v) is 3.20. The molecule has 4 heteroatoms. The molecule has 1 atom stereocenters. The lowest BCUT2D eigenvalue weighted by Gasteiger charge is -2.28. The third kappa shape index (κ3) is 2.92. The van der Waals surface area contributed by atoms with E-state index in [1.165, 1.54) is 12.8 Å². The number of nitrogens with zero attached hydrogens (tertiary/aromatic N) is 1. The lowest BCUT2D eigenvalue weighted by atomic mass is 9.97. The summed E-state index contributed by atoms with van der Waals surface area (Å²) >= 11 is 1.67. The molecule has 20 heavy (non-hydrogen) atoms. The molecule has 3 rings (SSSR count). The van der Waals surface area contributed by atoms with Gasteiger partial charge >= 0.3 is 0 Å². The second-order valence-electron chi connectivity index (χ2n) is 5.70. The standard InChI is InChI=1S/C16H20N2OS/c1-16(11-19,13-7-8-13)17-9-15-18-14(10-20-15)12-5-3-2-4-6-12/h2-6,10,13,17,19H,7-9,11H2,1H3. The fourth-order valence-electron chi connectivity index (χ4n) is 2.46. The second kappa shape index (κ2) is 5.64. The average Bonchev–Trinajstić information content (AvgIpc) is 3.25. The number of aliphatic hydroxyl groups excluding tert-OH is 1. The average molecular weight is 288 g/mol. The lowest BCUT2D eigenvalue weighted by Crippen LogP contribution is -2.47. The van der Waals surface area contributed by atoms with E-state index in [4.69, 9.17) is 0 Å². The Bertz CT molecular complexity index is 565. The predicted molar refractivity (Wildman–Crippen MR) is 82.6 cm³/mol. The topological polar surface area (TPSA) is 45.1 Å². The van der Waals surface area contributed by atoms with Gasteiger partial charge in [0.2, 0.25) is 0 Å². The molecule has 0 spiro atoms. The number of thiazole rings is 1. The van der Waals surface area contributed by atoms with Crippen molar-refractivity contribution >= 4 is 11.3 Å². The van der Waals surface area contributed by atoms with Gasteiger partial charge < -0.3 is 10.4 Å². The van der Waals surface area contributed by atoms with Crippen molar-refractivity contribution in [1.82, 2.24) is 10.3 Å². The molecule has 1 fully saturated rings. The molecule has 3 nitrogen and oxygen atoms in total. The Hall–Kier alpha value is -1.23. The van der Waals surface area contributed by atoms with E-state index >= 15 is 0 Å². The van der Waals surface area contributed by atoms with Gasteiger partial charge in [-0.25, -0.2) is 4.98 Å². The minimum Gasteiger partial charge on any atom is -0.394 e. The smallest absolute Gasteiger partial charge is 0.107 e. The summed E-state index contributed by atoms with van der Waals surface area (Å²) in [5.74, 6) is 0.612. The van der Waals surface area contributed by atoms with Gasteiger partial charge in [-0.1, -0.05) is 30.3 Å². The lowest BCUT2D eigenvalue weighted by molar-refractivity contribution is 0.153. The molecule has 0 saturated heterocycles. The molecular formula is C16H20N2OS. The van der Waals surface area contributed by atoms with Crippen molar-refractivity contribution in [3.63, 3.8) is 0 Å². The molecule has 1 heterocycles. The molecule has 0 aliphatic heterocycles. The van der Waals surface area contributed by atoms with E-state index in [-0.39, 0.29) is 12.1 Å². The van der Waals surface area contributed by atoms with Crippen LogP contribution in [0.2, 0.25) is 0 Å². The Morgan fingerprint density at radius 3 is 2.75 bits per heavy atom. The molecule has 2 aromatic rings. The van der Waals surface area contributed by atoms with Gasteiger partial charge in [0, 0.05) is 23.0 Å². The van der Waals surface area contributed by atoms with Crippen molar-refractivity contribution in [3.8, 4) is 11.3 Å². The molecule has 1 aliphatic rings. The summed E-state index contributed by atoms with van der Waals surface area (Å²) in [6.07, 6.45) is 2.44. The first-order valence-corrected chi connectivity index (χ1v) is 7.95. The van der Waals surface area contributed by atoms with Gasteiger partial charge in [-0.3, -0.25) is 0 Å². The molecule has 1 unspecified atom stereocenters. The largest absolute Gasteiger partial charge is 0.394 e. The van der Waals surface area contributed by atoms with E-state index in [1.807, 2.05) is 18.2 Å². The summed E-state index contributed by atoms with van der Waals surface area (Å²) in [6, 6.07) is 10.2. The third-order valence-electron chi connectivity index (χ3n) is 4.07. The monoisotopic (exact) mass is 288 g/mol. The van der Waals surface area contributed by atoms with E-state index in [0.29, 0.717) is 5.92 Å². The first kappa shape index (κ1) is 13.7. The highest BCUT2D eigenvalue weighted by molar-refractivity contribution is 7.09. The van der Waals surface area contributed by atoms with Crippen molar-refractivity contribution in [3.05, 3.63) is 40.7 Å². The summed E-state index contributed by atoms with van der Waals surface area (Å²) in [6.45, 7) is 3.02. The van der Waals surface area contributed by atoms with Crippen LogP contribution in [-0.4, -0.2) is 22.2 Å². The maximum atomic E-state index is 9.58. The van der Waals surface area contributed by atoms with Crippen LogP contribution in [0.5, 0.6) is 0 Å². The van der Waals surface area contributed by atoms with Crippen LogP contribution in [-0.2, 0) is 6.54 Å². The molecule has 1 aliphatic carbocycles. The summed E-state index contributed by atoms with van der Waals surface area (Å²) in [7, 11) is 0. The molecule has 106 valence electrons. The van der Waals surface area contributed by atoms with Crippen molar-refractivity contribution in [2.24, 2.45) is 5.92 Å². The van der Waals surface area contributed by atoms with E-state index in [9.17, 15) is 5.11 Å². The first-order valence-electron chi connectivity index (χ1n) is 7.07. The zero-order chi connectivity index (χ0) is 14.0. The molecule has 0 radical (unpaired) electrons. The Labute approximate surface area is 123 Å². The van der Waals surface area contributed by atoms with Crippen LogP contribution in [0.1, 0.15) is 24.8 Å². The van der Waals surface area contributed by atoms with Crippen LogP contribution < -0.4 is 5.32 Å². The number of hydrogen-bond acceptors (Lipinski definition) is 4. The van der Waals surface area contributed by atoms with Gasteiger partial charge in [0.25, 0.3) is 0 Å². The predicted octanol–water partition coefficient (Wildman–Crippen LogP) is 3.06. The maximum Gasteiger partial charge on any atom is 0.107 e. The van der Waals surface area contributed by atoms with Gasteiger partial charge in [0.05, 0.1) is 12.3 Å². The Kier molecular flexibility index (Phi) is 3.87. The van der Waals surface area contributed by atoms with Crippen molar-refractivity contribution in [2.45, 2.75) is 31.8 Å². The van der Waals surface area contributed by atoms with Crippen LogP contribution in [0.25, 0.3) is 11.3 Å². The molecular weight excluding hydrogens is 268 g/mol. The SMILES string of the molecule is CC(CO)(NCc1nc(-c2ccccc2)cs1)C1CC1. The fraction of sp³-hybridized carbons (Fsp3) is 0.438. The minimum absolute atomic E-state index is 0.154. The van der Waals surface area contributed by atoms with Gasteiger partial charge in [0.15, 0.2) is 0 Å². The first-order chi connectivity index (χ1) is 9.71. The van der Waals surface area contributed by atoms with Crippen molar-refractivity contribution in [2.75, 3.05) is 6.61 Å². The van der Waals surface area contributed by atoms with E-state index in [1.54, 1.807) is 11.3 Å². The van der Waals surface area contributed by atoms with Crippen LogP contribution in [0.15, 0.2) is 35.7 Å². The van der Waals surface area contributed by atoms with Gasteiger partial charge in [-0.15, -0.1) is 11.3 Å². The number of rotatable bonds is 6. The highest BCUT2D eigenvalue weighted by atomic mass is 32.1. The highest BCUT2D eigenvalue weighted by Gasteiger charge is 2.40. The second-order valence-corrected chi connectivity index (χ2v) is 6.64. The summed E-state index contributed by atoms with van der Waals surface area (Å²) in [5, 5.41) is 16.2. The zero-order valence-electron chi connectivity index (χ0n) is 11.7. The van der Waals surface area contributed by atoms with E-state index in [0.717, 1.165) is 22.8 Å². The van der Waals surface area contributed by atoms with Crippen molar-refractivity contribution in [1.29, 1.82) is 0 Å². The Balaban J connectivity index is 1.66. The number of aromatic nitrogens is 1. The van der Waals surface area contributed by atoms with Crippen LogP contribution >= 0.6 is 11.3 Å². The molecule has 1 aromatic carbocycles. The summed E-state index contributed by atoms with van der Waals surface area (Å²) < 4.78 is 0. The zero-order valence-corrected chi connectivity index (χ0v) is 12.5. The van der Waals surface area contributed by atoms with Crippen LogP contribution in [0.4, 0.5) is 0 Å². The number of aliphatic hydroxyl groups is 1. The number of hydrogen-bond donors (Lipinski definition) is 2. The van der Waals surface area contributed by atoms with Gasteiger partial charge in [0.1, 0.15) is 5.01 Å². The van der Waals surface area contributed by atoms with Crippen molar-refractivity contribution < 1.29 is 5.11 Å². The van der Waals surface area contributed by atoms with Gasteiger partial charge in [-0.05, 0) is 25.7 Å². The van der Waals surface area contributed by atoms with E-state index in [2.05, 4.69) is 34.7 Å². The van der Waals surface area contributed by atoms with Crippen LogP contribution in [0.3, 0.4) is 0 Å². The van der Waals surface area contributed by atoms with E-state index < -0.39 is 0 Å². The Morgan fingerprint density at radius 1 is 1.35 bits per heavy atom. The quantitative estimate of drug-likeness (QED) is 0.858. The number of benzene rings is 1. The Morgan fingerprint density at radius 2 is 2.10 bits per heavy atom. The summed E-state index contributed by atoms with van der Waals surface area (Å²) in [4.78, 5) is 4.67. The molecule has 0 bridgehead atoms. The molecule has 1 saturated carbocycles. The highest BCUT2D eigenvalue weighted by Crippen LogP contribution is 2.39. The third-order valence-corrected chi connectivity index (χ3v) is 4.92. The van der Waals surface area contributed by atoms with Gasteiger partial charge in [-0.2, -0.15) is 0 Å².